The van der Waals surface area contributed by atoms with E-state index in [9.17, 15) is 24.8 Å². The summed E-state index contributed by atoms with van der Waals surface area (Å²) in [5, 5.41) is 25.9. The Bertz CT molecular complexity index is 1150. The lowest BCUT2D eigenvalue weighted by atomic mass is 10.0. The van der Waals surface area contributed by atoms with Crippen molar-refractivity contribution in [2.75, 3.05) is 5.32 Å². The van der Waals surface area contributed by atoms with E-state index in [0.29, 0.717) is 22.2 Å². The van der Waals surface area contributed by atoms with Crippen molar-refractivity contribution in [1.82, 2.24) is 9.88 Å². The summed E-state index contributed by atoms with van der Waals surface area (Å²) in [7, 11) is 0. The number of para-hydroxylation sites is 2. The second kappa shape index (κ2) is 7.71. The number of hydroxylamine groups is 2. The van der Waals surface area contributed by atoms with Gasteiger partial charge in [-0.25, -0.2) is 10.4 Å². The minimum atomic E-state index is -1.40. The van der Waals surface area contributed by atoms with Crippen LogP contribution in [0, 0.1) is 5.21 Å². The molecule has 0 radical (unpaired) electrons. The minimum absolute atomic E-state index is 0.113. The Balaban J connectivity index is 1.93. The van der Waals surface area contributed by atoms with E-state index in [0.717, 1.165) is 0 Å². The van der Waals surface area contributed by atoms with Gasteiger partial charge in [0.05, 0.1) is 16.8 Å². The molecule has 30 heavy (non-hydrogen) atoms. The van der Waals surface area contributed by atoms with Gasteiger partial charge in [0.25, 0.3) is 11.8 Å². The van der Waals surface area contributed by atoms with Crippen LogP contribution in [0.1, 0.15) is 22.8 Å². The van der Waals surface area contributed by atoms with Crippen LogP contribution in [0.2, 0.25) is 0 Å². The van der Waals surface area contributed by atoms with Crippen molar-refractivity contribution in [2.45, 2.75) is 25.4 Å². The first-order valence-electron chi connectivity index (χ1n) is 9.43. The minimum Gasteiger partial charge on any atom is -0.599 e. The van der Waals surface area contributed by atoms with Crippen molar-refractivity contribution in [3.05, 3.63) is 71.1 Å². The van der Waals surface area contributed by atoms with Crippen LogP contribution in [0.25, 0.3) is 10.9 Å². The Morgan fingerprint density at radius 1 is 1.07 bits per heavy atom. The molecule has 3 unspecified atom stereocenters. The molecule has 9 nitrogen and oxygen atoms in total. The molecule has 2 aromatic carbocycles. The Morgan fingerprint density at radius 2 is 1.77 bits per heavy atom. The maximum absolute atomic E-state index is 13.4. The van der Waals surface area contributed by atoms with E-state index in [1.165, 1.54) is 11.5 Å². The van der Waals surface area contributed by atoms with Crippen LogP contribution in [0.5, 0.6) is 0 Å². The predicted molar refractivity (Wildman–Crippen MR) is 108 cm³/mol. The van der Waals surface area contributed by atoms with Gasteiger partial charge in [-0.2, -0.15) is 0 Å². The Labute approximate surface area is 171 Å². The number of hydrogen-bond acceptors (Lipinski definition) is 5. The first-order chi connectivity index (χ1) is 14.4. The molecule has 2 amide bonds. The summed E-state index contributed by atoms with van der Waals surface area (Å²) >= 11 is 0. The molecule has 0 saturated heterocycles. The molecule has 0 fully saturated rings. The summed E-state index contributed by atoms with van der Waals surface area (Å²) in [6.45, 7) is 1.46. The molecule has 154 valence electrons. The van der Waals surface area contributed by atoms with Crippen LogP contribution >= 0.6 is 0 Å². The summed E-state index contributed by atoms with van der Waals surface area (Å²) in [5.41, 5.74) is 1.74. The topological polar surface area (TPSA) is 128 Å². The number of quaternary nitrogens is 1. The number of amides is 2. The molecule has 1 aromatic heterocycles. The molecule has 2 bridgehead atoms. The number of nitrogens with zero attached hydrogens (tertiary/aromatic N) is 1. The fraction of sp³-hybridized carbons (Fsp3) is 0.190. The molecule has 9 heteroatoms. The lowest BCUT2D eigenvalue weighted by Gasteiger charge is -2.24. The number of anilines is 1. The highest BCUT2D eigenvalue weighted by atomic mass is 16.8. The monoisotopic (exact) mass is 408 g/mol. The van der Waals surface area contributed by atoms with E-state index in [2.05, 4.69) is 10.6 Å². The number of nitrogens with one attached hydrogen (secondary N) is 3. The third-order valence-electron chi connectivity index (χ3n) is 5.22. The zero-order valence-corrected chi connectivity index (χ0v) is 16.1. The molecule has 1 aliphatic heterocycles. The van der Waals surface area contributed by atoms with Gasteiger partial charge in [-0.1, -0.05) is 30.3 Å². The fourth-order valence-corrected chi connectivity index (χ4v) is 3.62. The molecule has 4 N–H and O–H groups in total. The number of hydrogen-bond donors (Lipinski definition) is 4. The van der Waals surface area contributed by atoms with Gasteiger partial charge in [0.2, 0.25) is 5.91 Å². The van der Waals surface area contributed by atoms with Gasteiger partial charge < -0.3 is 15.8 Å². The molecule has 3 atom stereocenters. The smallest absolute Gasteiger partial charge is 0.282 e. The summed E-state index contributed by atoms with van der Waals surface area (Å²) in [6.07, 6.45) is 1.45. The van der Waals surface area contributed by atoms with Crippen LogP contribution in [0.15, 0.2) is 54.7 Å². The van der Waals surface area contributed by atoms with E-state index in [-0.39, 0.29) is 17.9 Å². The lowest BCUT2D eigenvalue weighted by molar-refractivity contribution is -1.06. The summed E-state index contributed by atoms with van der Waals surface area (Å²) in [5.74, 6) is -1.68. The van der Waals surface area contributed by atoms with Crippen molar-refractivity contribution in [3.63, 3.8) is 0 Å². The maximum atomic E-state index is 13.4. The van der Waals surface area contributed by atoms with Crippen molar-refractivity contribution in [3.8, 4) is 0 Å². The maximum Gasteiger partial charge on any atom is 0.282 e. The zero-order valence-electron chi connectivity index (χ0n) is 16.1. The van der Waals surface area contributed by atoms with Crippen LogP contribution < -0.4 is 15.9 Å². The third kappa shape index (κ3) is 3.45. The molecule has 3 aromatic rings. The quantitative estimate of drug-likeness (QED) is 0.435. The van der Waals surface area contributed by atoms with Crippen molar-refractivity contribution >= 4 is 34.3 Å². The lowest BCUT2D eigenvalue weighted by Crippen LogP contribution is -3.11. The number of carbonyl (C=O) groups excluding carboxylic acids is 3. The van der Waals surface area contributed by atoms with Crippen LogP contribution in [-0.4, -0.2) is 39.6 Å². The molecular weight excluding hydrogens is 388 g/mol. The highest BCUT2D eigenvalue weighted by molar-refractivity contribution is 6.09. The standard InChI is InChI=1S/C21H20N4O5/c1-12-19(26)23-16-8-4-2-7-15(16)21(28)24-11-13(14-6-3-5-9-17(14)24)10-18(25(29)30)20(27)22-12/h2-9,11-12,18,25,29H,10H2,1H3,(H,22,27)(H,23,26). The number of rotatable bonds is 1. The number of benzene rings is 2. The van der Waals surface area contributed by atoms with Crippen molar-refractivity contribution in [2.24, 2.45) is 0 Å². The van der Waals surface area contributed by atoms with Gasteiger partial charge in [-0.15, -0.1) is 0 Å². The SMILES string of the molecule is CC1NC(=O)C([NH+]([O-])O)Cc2cn(c3ccccc23)C(=O)c2ccccc2NC1=O. The van der Waals surface area contributed by atoms with Crippen LogP contribution in [-0.2, 0) is 16.0 Å². The van der Waals surface area contributed by atoms with Gasteiger partial charge in [0.1, 0.15) is 6.04 Å². The van der Waals surface area contributed by atoms with Gasteiger partial charge in [-0.3, -0.25) is 19.0 Å². The average Bonchev–Trinajstić information content (AvgIpc) is 3.09. The van der Waals surface area contributed by atoms with Gasteiger partial charge in [0, 0.05) is 18.0 Å². The molecule has 4 rings (SSSR count). The van der Waals surface area contributed by atoms with E-state index in [4.69, 9.17) is 0 Å². The summed E-state index contributed by atoms with van der Waals surface area (Å²) in [6, 6.07) is 11.3. The Hall–Kier alpha value is -3.53. The number of aromatic nitrogens is 1. The molecular formula is C21H20N4O5. The fourth-order valence-electron chi connectivity index (χ4n) is 3.62. The van der Waals surface area contributed by atoms with Crippen molar-refractivity contribution in [1.29, 1.82) is 0 Å². The second-order valence-electron chi connectivity index (χ2n) is 7.21. The van der Waals surface area contributed by atoms with Crippen LogP contribution in [0.3, 0.4) is 0 Å². The van der Waals surface area contributed by atoms with E-state index < -0.39 is 29.1 Å². The Kier molecular flexibility index (Phi) is 5.08. The van der Waals surface area contributed by atoms with Gasteiger partial charge in [0.15, 0.2) is 6.04 Å². The first kappa shape index (κ1) is 19.8. The summed E-state index contributed by atoms with van der Waals surface area (Å²) < 4.78 is 1.42. The summed E-state index contributed by atoms with van der Waals surface area (Å²) in [4.78, 5) is 38.5. The highest BCUT2D eigenvalue weighted by Gasteiger charge is 2.31. The van der Waals surface area contributed by atoms with Gasteiger partial charge in [-0.05, 0) is 30.7 Å². The first-order valence-corrected chi connectivity index (χ1v) is 9.43. The van der Waals surface area contributed by atoms with E-state index in [1.54, 1.807) is 54.7 Å². The highest BCUT2D eigenvalue weighted by Crippen LogP contribution is 2.26. The third-order valence-corrected chi connectivity index (χ3v) is 5.22. The average molecular weight is 408 g/mol. The largest absolute Gasteiger partial charge is 0.599 e. The zero-order chi connectivity index (χ0) is 21.4. The predicted octanol–water partition coefficient (Wildman–Crippen LogP) is 0.470. The Morgan fingerprint density at radius 3 is 2.53 bits per heavy atom. The second-order valence-corrected chi connectivity index (χ2v) is 7.21. The molecule has 0 saturated carbocycles. The number of fused-ring (bicyclic) bond motifs is 6. The van der Waals surface area contributed by atoms with E-state index >= 15 is 0 Å². The molecule has 0 spiro atoms. The van der Waals surface area contributed by atoms with Crippen molar-refractivity contribution < 1.29 is 24.8 Å². The van der Waals surface area contributed by atoms with Crippen LogP contribution in [0.4, 0.5) is 5.69 Å². The molecule has 0 aliphatic carbocycles. The molecule has 1 aliphatic rings. The number of carbonyl (C=O) groups is 3. The molecule has 2 heterocycles. The van der Waals surface area contributed by atoms with E-state index in [1.807, 2.05) is 0 Å². The van der Waals surface area contributed by atoms with Gasteiger partial charge >= 0.3 is 0 Å². The normalized spacial score (nSPS) is 21.0.